The number of rotatable bonds is 4. The number of aliphatic carboxylic acids is 1. The quantitative estimate of drug-likeness (QED) is 0.794. The molecule has 2 amide bonds. The van der Waals surface area contributed by atoms with Crippen molar-refractivity contribution in [2.75, 3.05) is 5.32 Å². The van der Waals surface area contributed by atoms with Gasteiger partial charge >= 0.3 is 12.0 Å². The number of benzene rings is 1. The Kier molecular flexibility index (Phi) is 3.87. The van der Waals surface area contributed by atoms with Crippen molar-refractivity contribution >= 4 is 17.7 Å². The van der Waals surface area contributed by atoms with E-state index in [1.807, 2.05) is 0 Å². The zero-order chi connectivity index (χ0) is 14.8. The first kappa shape index (κ1) is 14.2. The van der Waals surface area contributed by atoms with Crippen molar-refractivity contribution in [2.24, 2.45) is 0 Å². The van der Waals surface area contributed by atoms with E-state index in [1.165, 1.54) is 0 Å². The highest BCUT2D eigenvalue weighted by Gasteiger charge is 2.40. The number of hydrogen-bond donors (Lipinski definition) is 3. The second-order valence-corrected chi connectivity index (χ2v) is 4.91. The van der Waals surface area contributed by atoms with E-state index in [0.29, 0.717) is 12.8 Å². The molecule has 1 saturated carbocycles. The standard InChI is InChI=1S/C13H14F2N2O3/c14-8-2-3-9(15)10(6-8)16-12(20)17-13(4-1-5-13)7-11(18)19/h2-3,6H,1,4-5,7H2,(H,18,19)(H2,16,17,20). The van der Waals surface area contributed by atoms with Crippen molar-refractivity contribution in [3.8, 4) is 0 Å². The van der Waals surface area contributed by atoms with E-state index in [-0.39, 0.29) is 12.1 Å². The van der Waals surface area contributed by atoms with Crippen LogP contribution in [0.25, 0.3) is 0 Å². The van der Waals surface area contributed by atoms with Crippen LogP contribution in [0.1, 0.15) is 25.7 Å². The number of hydrogen-bond acceptors (Lipinski definition) is 2. The van der Waals surface area contributed by atoms with E-state index < -0.39 is 29.2 Å². The first-order chi connectivity index (χ1) is 9.40. The van der Waals surface area contributed by atoms with Gasteiger partial charge in [0.1, 0.15) is 11.6 Å². The normalized spacial score (nSPS) is 16.1. The van der Waals surface area contributed by atoms with Gasteiger partial charge in [-0.2, -0.15) is 0 Å². The van der Waals surface area contributed by atoms with E-state index >= 15 is 0 Å². The molecule has 0 radical (unpaired) electrons. The largest absolute Gasteiger partial charge is 0.481 e. The number of halogens is 2. The fourth-order valence-electron chi connectivity index (χ4n) is 2.23. The van der Waals surface area contributed by atoms with Gasteiger partial charge in [0.05, 0.1) is 17.6 Å². The summed E-state index contributed by atoms with van der Waals surface area (Å²) in [4.78, 5) is 22.5. The van der Waals surface area contributed by atoms with E-state index in [1.54, 1.807) is 0 Å². The van der Waals surface area contributed by atoms with Crippen LogP contribution in [0.4, 0.5) is 19.3 Å². The van der Waals surface area contributed by atoms with Crippen LogP contribution in [0.15, 0.2) is 18.2 Å². The van der Waals surface area contributed by atoms with Gasteiger partial charge < -0.3 is 15.7 Å². The van der Waals surface area contributed by atoms with Crippen molar-refractivity contribution in [2.45, 2.75) is 31.2 Å². The Morgan fingerprint density at radius 1 is 1.30 bits per heavy atom. The molecule has 1 aromatic rings. The molecule has 0 aromatic heterocycles. The van der Waals surface area contributed by atoms with Gasteiger partial charge in [-0.1, -0.05) is 0 Å². The molecule has 2 rings (SSSR count). The minimum Gasteiger partial charge on any atom is -0.481 e. The molecule has 0 saturated heterocycles. The summed E-state index contributed by atoms with van der Waals surface area (Å²) >= 11 is 0. The van der Waals surface area contributed by atoms with Crippen molar-refractivity contribution in [3.63, 3.8) is 0 Å². The SMILES string of the molecule is O=C(O)CC1(NC(=O)Nc2cc(F)ccc2F)CCC1. The highest BCUT2D eigenvalue weighted by molar-refractivity contribution is 5.90. The lowest BCUT2D eigenvalue weighted by atomic mass is 9.74. The number of nitrogens with one attached hydrogen (secondary N) is 2. The maximum absolute atomic E-state index is 13.4. The van der Waals surface area contributed by atoms with Crippen LogP contribution in [0.3, 0.4) is 0 Å². The van der Waals surface area contributed by atoms with Gasteiger partial charge in [0.15, 0.2) is 0 Å². The highest BCUT2D eigenvalue weighted by Crippen LogP contribution is 2.35. The van der Waals surface area contributed by atoms with Gasteiger partial charge in [-0.15, -0.1) is 0 Å². The second-order valence-electron chi connectivity index (χ2n) is 4.91. The topological polar surface area (TPSA) is 78.4 Å². The summed E-state index contributed by atoms with van der Waals surface area (Å²) < 4.78 is 26.3. The molecule has 1 aliphatic carbocycles. The molecule has 0 atom stereocenters. The summed E-state index contributed by atoms with van der Waals surface area (Å²) in [6.07, 6.45) is 1.74. The second kappa shape index (κ2) is 5.44. The Hall–Kier alpha value is -2.18. The molecular weight excluding hydrogens is 270 g/mol. The van der Waals surface area contributed by atoms with Crippen molar-refractivity contribution < 1.29 is 23.5 Å². The lowest BCUT2D eigenvalue weighted by Crippen LogP contribution is -2.55. The summed E-state index contributed by atoms with van der Waals surface area (Å²) in [6.45, 7) is 0. The van der Waals surface area contributed by atoms with E-state index in [9.17, 15) is 18.4 Å². The summed E-state index contributed by atoms with van der Waals surface area (Å²) in [5, 5.41) is 13.5. The van der Waals surface area contributed by atoms with Crippen molar-refractivity contribution in [1.29, 1.82) is 0 Å². The number of carboxylic acid groups (broad SMARTS) is 1. The number of carboxylic acids is 1. The van der Waals surface area contributed by atoms with Crippen LogP contribution in [0.5, 0.6) is 0 Å². The molecule has 3 N–H and O–H groups in total. The number of carbonyl (C=O) groups excluding carboxylic acids is 1. The molecule has 0 bridgehead atoms. The van der Waals surface area contributed by atoms with Crippen LogP contribution >= 0.6 is 0 Å². The third-order valence-corrected chi connectivity index (χ3v) is 3.36. The lowest BCUT2D eigenvalue weighted by molar-refractivity contribution is -0.139. The Labute approximate surface area is 114 Å². The summed E-state index contributed by atoms with van der Waals surface area (Å²) in [6, 6.07) is 1.97. The molecule has 5 nitrogen and oxygen atoms in total. The molecule has 0 heterocycles. The maximum atomic E-state index is 13.4. The van der Waals surface area contributed by atoms with Crippen LogP contribution in [-0.2, 0) is 4.79 Å². The summed E-state index contributed by atoms with van der Waals surface area (Å²) in [5.41, 5.74) is -1.08. The fourth-order valence-corrected chi connectivity index (χ4v) is 2.23. The van der Waals surface area contributed by atoms with E-state index in [2.05, 4.69) is 10.6 Å². The molecule has 1 aromatic carbocycles. The van der Waals surface area contributed by atoms with E-state index in [4.69, 9.17) is 5.11 Å². The van der Waals surface area contributed by atoms with Gasteiger partial charge in [0.2, 0.25) is 0 Å². The Morgan fingerprint density at radius 2 is 2.00 bits per heavy atom. The zero-order valence-electron chi connectivity index (χ0n) is 10.6. The molecule has 1 aliphatic rings. The third kappa shape index (κ3) is 3.23. The Bertz CT molecular complexity index is 544. The van der Waals surface area contributed by atoms with E-state index in [0.717, 1.165) is 24.6 Å². The lowest BCUT2D eigenvalue weighted by Gasteiger charge is -2.41. The Balaban J connectivity index is 2.01. The van der Waals surface area contributed by atoms with Gasteiger partial charge in [-0.25, -0.2) is 13.6 Å². The average molecular weight is 284 g/mol. The van der Waals surface area contributed by atoms with Gasteiger partial charge in [0, 0.05) is 6.07 Å². The number of carbonyl (C=O) groups is 2. The van der Waals surface area contributed by atoms with Gasteiger partial charge in [-0.05, 0) is 31.4 Å². The molecule has 20 heavy (non-hydrogen) atoms. The van der Waals surface area contributed by atoms with Crippen LogP contribution in [-0.4, -0.2) is 22.6 Å². The highest BCUT2D eigenvalue weighted by atomic mass is 19.1. The molecule has 7 heteroatoms. The number of urea groups is 1. The first-order valence-corrected chi connectivity index (χ1v) is 6.16. The number of amides is 2. The van der Waals surface area contributed by atoms with Gasteiger partial charge in [0.25, 0.3) is 0 Å². The first-order valence-electron chi connectivity index (χ1n) is 6.16. The monoisotopic (exact) mass is 284 g/mol. The summed E-state index contributed by atoms with van der Waals surface area (Å²) in [5.74, 6) is -2.45. The predicted octanol–water partition coefficient (Wildman–Crippen LogP) is 2.48. The number of anilines is 1. The molecule has 0 unspecified atom stereocenters. The minimum atomic E-state index is -1.01. The fraction of sp³-hybridized carbons (Fsp3) is 0.385. The van der Waals surface area contributed by atoms with Crippen molar-refractivity contribution in [1.82, 2.24) is 5.32 Å². The maximum Gasteiger partial charge on any atom is 0.319 e. The van der Waals surface area contributed by atoms with Crippen LogP contribution in [0, 0.1) is 11.6 Å². The van der Waals surface area contributed by atoms with Crippen molar-refractivity contribution in [3.05, 3.63) is 29.8 Å². The minimum absolute atomic E-state index is 0.188. The smallest absolute Gasteiger partial charge is 0.319 e. The molecule has 108 valence electrons. The molecular formula is C13H14F2N2O3. The summed E-state index contributed by atoms with van der Waals surface area (Å²) in [7, 11) is 0. The third-order valence-electron chi connectivity index (χ3n) is 3.36. The molecule has 0 spiro atoms. The van der Waals surface area contributed by atoms with Crippen LogP contribution < -0.4 is 10.6 Å². The molecule has 0 aliphatic heterocycles. The molecule has 1 fully saturated rings. The zero-order valence-corrected chi connectivity index (χ0v) is 10.6. The average Bonchev–Trinajstić information content (AvgIpc) is 2.30. The Morgan fingerprint density at radius 3 is 2.55 bits per heavy atom. The van der Waals surface area contributed by atoms with Gasteiger partial charge in [-0.3, -0.25) is 4.79 Å². The van der Waals surface area contributed by atoms with Crippen LogP contribution in [0.2, 0.25) is 0 Å². The predicted molar refractivity (Wildman–Crippen MR) is 67.3 cm³/mol.